The summed E-state index contributed by atoms with van der Waals surface area (Å²) in [6.45, 7) is 7.48. The van der Waals surface area contributed by atoms with E-state index in [9.17, 15) is 9.32 Å². The topological polar surface area (TPSA) is 37.3 Å². The van der Waals surface area contributed by atoms with Crippen molar-refractivity contribution in [3.63, 3.8) is 0 Å². The van der Waals surface area contributed by atoms with Crippen LogP contribution in [0.25, 0.3) is 0 Å². The van der Waals surface area contributed by atoms with Crippen LogP contribution in [-0.4, -0.2) is 17.0 Å². The zero-order chi connectivity index (χ0) is 17.8. The molecule has 0 bridgehead atoms. The second-order valence-electron chi connectivity index (χ2n) is 10.6. The van der Waals surface area contributed by atoms with E-state index in [4.69, 9.17) is 0 Å². The average Bonchev–Trinajstić information content (AvgIpc) is 2.93. The summed E-state index contributed by atoms with van der Waals surface area (Å²) in [4.78, 5) is 0. The molecule has 0 spiro atoms. The van der Waals surface area contributed by atoms with Crippen LogP contribution in [0.2, 0.25) is 0 Å². The Hall–Kier alpha value is -0.0200. The summed E-state index contributed by atoms with van der Waals surface area (Å²) < 4.78 is 11.1. The molecule has 4 saturated carbocycles. The van der Waals surface area contributed by atoms with Crippen LogP contribution in [0.4, 0.5) is 0 Å². The first kappa shape index (κ1) is 18.3. The van der Waals surface area contributed by atoms with E-state index < -0.39 is 0 Å². The van der Waals surface area contributed by atoms with Gasteiger partial charge in [-0.2, -0.15) is 0 Å². The largest absolute Gasteiger partial charge is 0.458 e. The van der Waals surface area contributed by atoms with Crippen molar-refractivity contribution in [3.8, 4) is 0 Å². The zero-order valence-corrected chi connectivity index (χ0v) is 17.2. The van der Waals surface area contributed by atoms with Crippen LogP contribution in [0.15, 0.2) is 0 Å². The number of rotatable bonds is 3. The summed E-state index contributed by atoms with van der Waals surface area (Å²) in [6, 6.07) is 0. The molecule has 0 radical (unpaired) electrons. The van der Waals surface area contributed by atoms with Crippen molar-refractivity contribution >= 4 is 11.7 Å². The normalized spacial score (nSPS) is 53.4. The highest BCUT2D eigenvalue weighted by atomic mass is 32.1. The van der Waals surface area contributed by atoms with Gasteiger partial charge in [0.05, 0.1) is 6.10 Å². The van der Waals surface area contributed by atoms with E-state index in [-0.39, 0.29) is 6.10 Å². The monoisotopic (exact) mass is 365 g/mol. The van der Waals surface area contributed by atoms with E-state index in [1.165, 1.54) is 44.9 Å². The Bertz CT molecular complexity index is 522. The molecule has 9 atom stereocenters. The molecule has 2 nitrogen and oxygen atoms in total. The minimum absolute atomic E-state index is 0.0372. The van der Waals surface area contributed by atoms with Crippen LogP contribution in [0.1, 0.15) is 78.6 Å². The summed E-state index contributed by atoms with van der Waals surface area (Å²) in [6.07, 6.45) is 11.6. The van der Waals surface area contributed by atoms with Gasteiger partial charge in [-0.05, 0) is 98.2 Å². The number of hydrogen-bond acceptors (Lipinski definition) is 2. The van der Waals surface area contributed by atoms with E-state index in [0.717, 1.165) is 59.9 Å². The molecule has 4 aliphatic carbocycles. The molecular formula is C22H37O2S+. The third kappa shape index (κ3) is 2.74. The molecule has 4 unspecified atom stereocenters. The first-order valence-electron chi connectivity index (χ1n) is 10.8. The third-order valence-corrected chi connectivity index (χ3v) is 10.4. The van der Waals surface area contributed by atoms with Crippen molar-refractivity contribution < 1.29 is 9.32 Å². The molecule has 0 amide bonds. The molecule has 25 heavy (non-hydrogen) atoms. The maximum Gasteiger partial charge on any atom is 0.458 e. The summed E-state index contributed by atoms with van der Waals surface area (Å²) in [5.74, 6) is 5.57. The van der Waals surface area contributed by atoms with Gasteiger partial charge >= 0.3 is 11.7 Å². The van der Waals surface area contributed by atoms with Crippen molar-refractivity contribution in [1.82, 2.24) is 0 Å². The molecule has 4 fully saturated rings. The van der Waals surface area contributed by atoms with Crippen LogP contribution in [-0.2, 0) is 15.9 Å². The lowest BCUT2D eigenvalue weighted by Crippen LogP contribution is -2.54. The van der Waals surface area contributed by atoms with Gasteiger partial charge in [-0.15, -0.1) is 0 Å². The van der Waals surface area contributed by atoms with E-state index in [2.05, 4.69) is 20.8 Å². The SMILES string of the molecule is C[C@H](C[S+]=O)[C@H]1CCC2C3CCC4C[C@@H](O)CC[C@]4(C)C3CC[C@@]21C. The average molecular weight is 366 g/mol. The van der Waals surface area contributed by atoms with E-state index >= 15 is 0 Å². The van der Waals surface area contributed by atoms with Gasteiger partial charge in [-0.3, -0.25) is 0 Å². The summed E-state index contributed by atoms with van der Waals surface area (Å²) in [7, 11) is 0. The van der Waals surface area contributed by atoms with Crippen LogP contribution in [0.5, 0.6) is 0 Å². The number of aliphatic hydroxyl groups is 1. The van der Waals surface area contributed by atoms with E-state index in [1.807, 2.05) is 0 Å². The Labute approximate surface area is 158 Å². The molecule has 0 saturated heterocycles. The Balaban J connectivity index is 1.57. The number of hydrogen-bond donors (Lipinski definition) is 1. The van der Waals surface area contributed by atoms with Gasteiger partial charge in [0.1, 0.15) is 0 Å². The van der Waals surface area contributed by atoms with Crippen LogP contribution < -0.4 is 0 Å². The van der Waals surface area contributed by atoms with Gasteiger partial charge in [0, 0.05) is 10.1 Å². The Morgan fingerprint density at radius 3 is 2.48 bits per heavy atom. The van der Waals surface area contributed by atoms with Crippen LogP contribution >= 0.6 is 0 Å². The van der Waals surface area contributed by atoms with Crippen molar-refractivity contribution in [3.05, 3.63) is 0 Å². The smallest absolute Gasteiger partial charge is 0.393 e. The fraction of sp³-hybridized carbons (Fsp3) is 1.00. The maximum atomic E-state index is 11.1. The van der Waals surface area contributed by atoms with Gasteiger partial charge in [0.2, 0.25) is 5.75 Å². The van der Waals surface area contributed by atoms with Crippen molar-refractivity contribution in [2.75, 3.05) is 5.75 Å². The number of aliphatic hydroxyl groups excluding tert-OH is 1. The highest BCUT2D eigenvalue weighted by molar-refractivity contribution is 7.65. The Morgan fingerprint density at radius 1 is 1.00 bits per heavy atom. The third-order valence-electron chi connectivity index (χ3n) is 9.73. The number of fused-ring (bicyclic) bond motifs is 5. The first-order chi connectivity index (χ1) is 11.9. The van der Waals surface area contributed by atoms with E-state index in [0.29, 0.717) is 16.7 Å². The van der Waals surface area contributed by atoms with Crippen molar-refractivity contribution in [2.24, 2.45) is 46.3 Å². The lowest BCUT2D eigenvalue weighted by atomic mass is 9.44. The fourth-order valence-electron chi connectivity index (χ4n) is 8.43. The lowest BCUT2D eigenvalue weighted by molar-refractivity contribution is -0.128. The summed E-state index contributed by atoms with van der Waals surface area (Å²) in [5.41, 5.74) is 0.964. The quantitative estimate of drug-likeness (QED) is 0.709. The molecular weight excluding hydrogens is 328 g/mol. The second-order valence-corrected chi connectivity index (χ2v) is 11.1. The van der Waals surface area contributed by atoms with Crippen LogP contribution in [0.3, 0.4) is 0 Å². The minimum Gasteiger partial charge on any atom is -0.393 e. The highest BCUT2D eigenvalue weighted by Gasteiger charge is 2.60. The van der Waals surface area contributed by atoms with Crippen molar-refractivity contribution in [2.45, 2.75) is 84.7 Å². The predicted octanol–water partition coefficient (Wildman–Crippen LogP) is 5.07. The van der Waals surface area contributed by atoms with E-state index in [1.54, 1.807) is 0 Å². The molecule has 0 heterocycles. The molecule has 4 rings (SSSR count). The summed E-state index contributed by atoms with van der Waals surface area (Å²) >= 11 is 0.798. The molecule has 0 aliphatic heterocycles. The molecule has 0 aromatic heterocycles. The summed E-state index contributed by atoms with van der Waals surface area (Å²) in [5, 5.41) is 10.2. The van der Waals surface area contributed by atoms with Gasteiger partial charge < -0.3 is 5.11 Å². The highest BCUT2D eigenvalue weighted by Crippen LogP contribution is 2.68. The van der Waals surface area contributed by atoms with Gasteiger partial charge in [-0.25, -0.2) is 0 Å². The molecule has 1 N–H and O–H groups in total. The van der Waals surface area contributed by atoms with Gasteiger partial charge in [-0.1, -0.05) is 20.8 Å². The second kappa shape index (κ2) is 6.55. The van der Waals surface area contributed by atoms with Gasteiger partial charge in [0.15, 0.2) is 0 Å². The minimum atomic E-state index is -0.0372. The molecule has 0 aromatic carbocycles. The Kier molecular flexibility index (Phi) is 4.81. The standard InChI is InChI=1S/C22H37O2S/c1-14(13-25-24)18-6-7-19-17-5-4-15-12-16(23)8-10-21(15,2)20(17)9-11-22(18,19)3/h14-20,23H,4-13H2,1-3H3/q+1/t14-,15?,16+,17?,18-,19?,20?,21+,22-/m1/s1. The Morgan fingerprint density at radius 2 is 1.72 bits per heavy atom. The molecule has 142 valence electrons. The van der Waals surface area contributed by atoms with Crippen LogP contribution in [0, 0.1) is 46.3 Å². The maximum absolute atomic E-state index is 11.1. The fourth-order valence-corrected chi connectivity index (χ4v) is 8.88. The lowest BCUT2D eigenvalue weighted by Gasteiger charge is -2.61. The molecule has 4 aliphatic rings. The molecule has 0 aromatic rings. The predicted molar refractivity (Wildman–Crippen MR) is 103 cm³/mol. The molecule has 3 heteroatoms. The first-order valence-corrected chi connectivity index (χ1v) is 11.7. The van der Waals surface area contributed by atoms with Crippen molar-refractivity contribution in [1.29, 1.82) is 0 Å². The zero-order valence-electron chi connectivity index (χ0n) is 16.4. The van der Waals surface area contributed by atoms with Gasteiger partial charge in [0.25, 0.3) is 0 Å².